The van der Waals surface area contributed by atoms with Gasteiger partial charge < -0.3 is 4.74 Å². The molecule has 1 unspecified atom stereocenters. The first kappa shape index (κ1) is 15.3. The van der Waals surface area contributed by atoms with Gasteiger partial charge in [0.05, 0.1) is 12.4 Å². The fourth-order valence-electron chi connectivity index (χ4n) is 2.45. The van der Waals surface area contributed by atoms with Crippen LogP contribution in [0.2, 0.25) is 5.02 Å². The summed E-state index contributed by atoms with van der Waals surface area (Å²) in [7, 11) is 0. The number of anilines is 1. The van der Waals surface area contributed by atoms with Gasteiger partial charge in [0.2, 0.25) is 5.91 Å². The SMILES string of the molecule is CCOc1ccc(N2C(=O)CSC2c2ccc(Cl)cc2)cc1. The minimum absolute atomic E-state index is 0.0114. The van der Waals surface area contributed by atoms with Crippen molar-refractivity contribution in [1.29, 1.82) is 0 Å². The van der Waals surface area contributed by atoms with E-state index in [1.54, 1.807) is 11.8 Å². The summed E-state index contributed by atoms with van der Waals surface area (Å²) >= 11 is 7.58. The molecule has 1 heterocycles. The minimum atomic E-state index is -0.0114. The van der Waals surface area contributed by atoms with Crippen LogP contribution in [0.25, 0.3) is 0 Å². The van der Waals surface area contributed by atoms with Gasteiger partial charge in [-0.2, -0.15) is 0 Å². The van der Waals surface area contributed by atoms with E-state index in [4.69, 9.17) is 16.3 Å². The van der Waals surface area contributed by atoms with Crippen molar-refractivity contribution in [3.05, 3.63) is 59.1 Å². The highest BCUT2D eigenvalue weighted by atomic mass is 35.5. The van der Waals surface area contributed by atoms with Gasteiger partial charge in [0.15, 0.2) is 0 Å². The third kappa shape index (κ3) is 3.08. The van der Waals surface area contributed by atoms with Crippen molar-refractivity contribution in [1.82, 2.24) is 0 Å². The molecule has 114 valence electrons. The molecular weight excluding hydrogens is 318 g/mol. The van der Waals surface area contributed by atoms with Gasteiger partial charge in [-0.1, -0.05) is 23.7 Å². The smallest absolute Gasteiger partial charge is 0.238 e. The molecule has 3 nitrogen and oxygen atoms in total. The highest BCUT2D eigenvalue weighted by Gasteiger charge is 2.33. The van der Waals surface area contributed by atoms with Crippen molar-refractivity contribution in [3.8, 4) is 5.75 Å². The number of thioether (sulfide) groups is 1. The van der Waals surface area contributed by atoms with Crippen molar-refractivity contribution in [3.63, 3.8) is 0 Å². The largest absolute Gasteiger partial charge is 0.494 e. The molecule has 0 saturated carbocycles. The van der Waals surface area contributed by atoms with E-state index in [0.717, 1.165) is 17.0 Å². The van der Waals surface area contributed by atoms with Crippen molar-refractivity contribution < 1.29 is 9.53 Å². The molecule has 1 aliphatic rings. The summed E-state index contributed by atoms with van der Waals surface area (Å²) in [5, 5.41) is 0.688. The maximum atomic E-state index is 12.3. The average molecular weight is 334 g/mol. The Morgan fingerprint density at radius 1 is 1.18 bits per heavy atom. The fourth-order valence-corrected chi connectivity index (χ4v) is 3.75. The lowest BCUT2D eigenvalue weighted by Crippen LogP contribution is -2.27. The summed E-state index contributed by atoms with van der Waals surface area (Å²) in [6, 6.07) is 15.3. The maximum Gasteiger partial charge on any atom is 0.238 e. The molecule has 0 spiro atoms. The number of hydrogen-bond acceptors (Lipinski definition) is 3. The fraction of sp³-hybridized carbons (Fsp3) is 0.235. The molecule has 2 aromatic carbocycles. The number of hydrogen-bond donors (Lipinski definition) is 0. The van der Waals surface area contributed by atoms with Crippen molar-refractivity contribution in [2.45, 2.75) is 12.3 Å². The quantitative estimate of drug-likeness (QED) is 0.824. The summed E-state index contributed by atoms with van der Waals surface area (Å²) in [4.78, 5) is 14.1. The molecule has 1 amide bonds. The first-order valence-electron chi connectivity index (χ1n) is 7.11. The van der Waals surface area contributed by atoms with Crippen molar-refractivity contribution >= 4 is 35.0 Å². The number of carbonyl (C=O) groups is 1. The van der Waals surface area contributed by atoms with Crippen LogP contribution in [0.15, 0.2) is 48.5 Å². The molecule has 0 radical (unpaired) electrons. The lowest BCUT2D eigenvalue weighted by molar-refractivity contribution is -0.115. The Morgan fingerprint density at radius 2 is 1.86 bits per heavy atom. The van der Waals surface area contributed by atoms with Crippen molar-refractivity contribution in [2.24, 2.45) is 0 Å². The van der Waals surface area contributed by atoms with Crippen LogP contribution in [0.1, 0.15) is 17.9 Å². The van der Waals surface area contributed by atoms with E-state index in [-0.39, 0.29) is 11.3 Å². The second kappa shape index (κ2) is 6.63. The summed E-state index contributed by atoms with van der Waals surface area (Å²) in [5.74, 6) is 1.42. The van der Waals surface area contributed by atoms with E-state index in [9.17, 15) is 4.79 Å². The van der Waals surface area contributed by atoms with E-state index >= 15 is 0 Å². The highest BCUT2D eigenvalue weighted by Crippen LogP contribution is 2.42. The molecule has 1 aliphatic heterocycles. The summed E-state index contributed by atoms with van der Waals surface area (Å²) < 4.78 is 5.45. The zero-order valence-electron chi connectivity index (χ0n) is 12.2. The number of rotatable bonds is 4. The van der Waals surface area contributed by atoms with E-state index < -0.39 is 0 Å². The van der Waals surface area contributed by atoms with Gasteiger partial charge in [0.1, 0.15) is 11.1 Å². The Labute approximate surface area is 139 Å². The molecule has 0 aliphatic carbocycles. The molecule has 0 aromatic heterocycles. The lowest BCUT2D eigenvalue weighted by atomic mass is 10.2. The topological polar surface area (TPSA) is 29.5 Å². The predicted octanol–water partition coefficient (Wildman–Crippen LogP) is 4.52. The number of benzene rings is 2. The third-order valence-corrected chi connectivity index (χ3v) is 4.91. The van der Waals surface area contributed by atoms with E-state index in [0.29, 0.717) is 17.4 Å². The van der Waals surface area contributed by atoms with E-state index in [1.807, 2.05) is 60.4 Å². The summed E-state index contributed by atoms with van der Waals surface area (Å²) in [6.45, 7) is 2.58. The van der Waals surface area contributed by atoms with Gasteiger partial charge >= 0.3 is 0 Å². The van der Waals surface area contributed by atoms with Gasteiger partial charge in [-0.05, 0) is 48.9 Å². The minimum Gasteiger partial charge on any atom is -0.494 e. The van der Waals surface area contributed by atoms with Gasteiger partial charge in [0.25, 0.3) is 0 Å². The Balaban J connectivity index is 1.88. The van der Waals surface area contributed by atoms with Gasteiger partial charge in [0, 0.05) is 10.7 Å². The van der Waals surface area contributed by atoms with Gasteiger partial charge in [-0.15, -0.1) is 11.8 Å². The van der Waals surface area contributed by atoms with Gasteiger partial charge in [-0.3, -0.25) is 9.69 Å². The van der Waals surface area contributed by atoms with E-state index in [2.05, 4.69) is 0 Å². The average Bonchev–Trinajstić information content (AvgIpc) is 2.91. The van der Waals surface area contributed by atoms with Crippen LogP contribution in [0, 0.1) is 0 Å². The zero-order chi connectivity index (χ0) is 15.5. The Morgan fingerprint density at radius 3 is 2.50 bits per heavy atom. The molecule has 5 heteroatoms. The number of halogens is 1. The summed E-state index contributed by atoms with van der Waals surface area (Å²) in [5.41, 5.74) is 1.97. The zero-order valence-corrected chi connectivity index (χ0v) is 13.7. The number of nitrogens with zero attached hydrogens (tertiary/aromatic N) is 1. The molecule has 0 N–H and O–H groups in total. The monoisotopic (exact) mass is 333 g/mol. The Kier molecular flexibility index (Phi) is 4.60. The first-order chi connectivity index (χ1) is 10.7. The number of amides is 1. The highest BCUT2D eigenvalue weighted by molar-refractivity contribution is 8.00. The van der Waals surface area contributed by atoms with Crippen LogP contribution in [-0.4, -0.2) is 18.3 Å². The van der Waals surface area contributed by atoms with Gasteiger partial charge in [-0.25, -0.2) is 0 Å². The number of carbonyl (C=O) groups excluding carboxylic acids is 1. The maximum absolute atomic E-state index is 12.3. The lowest BCUT2D eigenvalue weighted by Gasteiger charge is -2.24. The van der Waals surface area contributed by atoms with E-state index in [1.165, 1.54) is 0 Å². The van der Waals surface area contributed by atoms with Crippen LogP contribution in [0.5, 0.6) is 5.75 Å². The molecular formula is C17H16ClNO2S. The molecule has 2 aromatic rings. The Hall–Kier alpha value is -1.65. The Bertz CT molecular complexity index is 657. The molecule has 1 atom stereocenters. The van der Waals surface area contributed by atoms with Crippen LogP contribution >= 0.6 is 23.4 Å². The third-order valence-electron chi connectivity index (χ3n) is 3.45. The van der Waals surface area contributed by atoms with Crippen LogP contribution in [0.3, 0.4) is 0 Å². The molecule has 1 fully saturated rings. The molecule has 0 bridgehead atoms. The van der Waals surface area contributed by atoms with Crippen LogP contribution in [0.4, 0.5) is 5.69 Å². The molecule has 22 heavy (non-hydrogen) atoms. The number of ether oxygens (including phenoxy) is 1. The standard InChI is InChI=1S/C17H16ClNO2S/c1-2-21-15-9-7-14(8-10-15)19-16(20)11-22-17(19)12-3-5-13(18)6-4-12/h3-10,17H,2,11H2,1H3. The van der Waals surface area contributed by atoms with Crippen LogP contribution in [-0.2, 0) is 4.79 Å². The molecule has 1 saturated heterocycles. The normalized spacial score (nSPS) is 17.8. The second-order valence-corrected chi connectivity index (χ2v) is 6.41. The second-order valence-electron chi connectivity index (χ2n) is 4.91. The predicted molar refractivity (Wildman–Crippen MR) is 91.7 cm³/mol. The van der Waals surface area contributed by atoms with Crippen LogP contribution < -0.4 is 9.64 Å². The first-order valence-corrected chi connectivity index (χ1v) is 8.53. The summed E-state index contributed by atoms with van der Waals surface area (Å²) in [6.07, 6.45) is 0. The molecule has 3 rings (SSSR count). The van der Waals surface area contributed by atoms with Crippen molar-refractivity contribution in [2.75, 3.05) is 17.3 Å².